The summed E-state index contributed by atoms with van der Waals surface area (Å²) in [4.78, 5) is 12.9. The standard InChI is InChI=1S/C26H29N5O2/c1-17(2)24-16-23(26-29-28-19(4)33-26)30-31(24)22-12-8-11-21(15-22)25(32)27-18(3)13-14-20-9-6-5-7-10-20/h5-12,15-18H,13-14H2,1-4H3,(H,27,32)/t18-/m0/s1. The van der Waals surface area contributed by atoms with Crippen LogP contribution in [0.4, 0.5) is 0 Å². The molecule has 1 atom stereocenters. The Hall–Kier alpha value is -3.74. The van der Waals surface area contributed by atoms with Crippen LogP contribution < -0.4 is 5.32 Å². The van der Waals surface area contributed by atoms with Gasteiger partial charge in [-0.25, -0.2) is 4.68 Å². The molecule has 0 aliphatic rings. The SMILES string of the molecule is Cc1nnc(-c2cc(C(C)C)n(-c3cccc(C(=O)N[C@@H](C)CCc4ccccc4)c3)n2)o1. The molecular formula is C26H29N5O2. The molecule has 0 bridgehead atoms. The molecule has 0 fully saturated rings. The Kier molecular flexibility index (Phi) is 6.68. The summed E-state index contributed by atoms with van der Waals surface area (Å²) in [6.07, 6.45) is 1.80. The van der Waals surface area contributed by atoms with Crippen molar-refractivity contribution in [2.45, 2.75) is 52.5 Å². The highest BCUT2D eigenvalue weighted by Crippen LogP contribution is 2.26. The normalized spacial score (nSPS) is 12.2. The molecule has 1 amide bonds. The lowest BCUT2D eigenvalue weighted by molar-refractivity contribution is 0.0938. The minimum Gasteiger partial charge on any atom is -0.420 e. The number of hydrogen-bond donors (Lipinski definition) is 1. The van der Waals surface area contributed by atoms with E-state index in [9.17, 15) is 4.79 Å². The number of rotatable bonds is 8. The van der Waals surface area contributed by atoms with Crippen molar-refractivity contribution < 1.29 is 9.21 Å². The van der Waals surface area contributed by atoms with Crippen molar-refractivity contribution in [2.24, 2.45) is 0 Å². The second kappa shape index (κ2) is 9.81. The Morgan fingerprint density at radius 2 is 1.82 bits per heavy atom. The van der Waals surface area contributed by atoms with Gasteiger partial charge < -0.3 is 9.73 Å². The van der Waals surface area contributed by atoms with Gasteiger partial charge in [0.05, 0.1) is 5.69 Å². The summed E-state index contributed by atoms with van der Waals surface area (Å²) in [5.41, 5.74) is 4.29. The van der Waals surface area contributed by atoms with Gasteiger partial charge in [0.2, 0.25) is 5.89 Å². The Morgan fingerprint density at radius 1 is 1.03 bits per heavy atom. The van der Waals surface area contributed by atoms with Crippen LogP contribution in [-0.4, -0.2) is 31.9 Å². The van der Waals surface area contributed by atoms with Gasteiger partial charge in [0.1, 0.15) is 5.69 Å². The Morgan fingerprint density at radius 3 is 2.52 bits per heavy atom. The van der Waals surface area contributed by atoms with Crippen molar-refractivity contribution >= 4 is 5.91 Å². The highest BCUT2D eigenvalue weighted by Gasteiger charge is 2.18. The van der Waals surface area contributed by atoms with E-state index >= 15 is 0 Å². The molecule has 170 valence electrons. The van der Waals surface area contributed by atoms with Crippen molar-refractivity contribution in [3.05, 3.63) is 83.4 Å². The third-order valence-corrected chi connectivity index (χ3v) is 5.51. The molecule has 0 unspecified atom stereocenters. The first-order chi connectivity index (χ1) is 15.9. The molecule has 4 aromatic rings. The summed E-state index contributed by atoms with van der Waals surface area (Å²) in [6.45, 7) is 7.98. The van der Waals surface area contributed by atoms with E-state index < -0.39 is 0 Å². The average Bonchev–Trinajstić information content (AvgIpc) is 3.45. The molecule has 2 aromatic carbocycles. The lowest BCUT2D eigenvalue weighted by Crippen LogP contribution is -2.33. The lowest BCUT2D eigenvalue weighted by atomic mass is 10.1. The van der Waals surface area contributed by atoms with Crippen LogP contribution in [-0.2, 0) is 6.42 Å². The summed E-state index contributed by atoms with van der Waals surface area (Å²) in [5.74, 6) is 0.995. The maximum Gasteiger partial charge on any atom is 0.268 e. The maximum absolute atomic E-state index is 12.9. The molecule has 0 radical (unpaired) electrons. The molecule has 2 heterocycles. The molecule has 1 N–H and O–H groups in total. The smallest absolute Gasteiger partial charge is 0.268 e. The average molecular weight is 444 g/mol. The maximum atomic E-state index is 12.9. The first kappa shape index (κ1) is 22.5. The number of carbonyl (C=O) groups excluding carboxylic acids is 1. The Labute approximate surface area is 193 Å². The fraction of sp³-hybridized carbons (Fsp3) is 0.308. The molecule has 0 aliphatic carbocycles. The number of nitrogens with one attached hydrogen (secondary N) is 1. The van der Waals surface area contributed by atoms with Crippen LogP contribution in [0.2, 0.25) is 0 Å². The van der Waals surface area contributed by atoms with E-state index in [0.29, 0.717) is 23.0 Å². The molecule has 33 heavy (non-hydrogen) atoms. The molecule has 4 rings (SSSR count). The predicted octanol–water partition coefficient (Wildman–Crippen LogP) is 5.11. The van der Waals surface area contributed by atoms with Crippen LogP contribution in [0.1, 0.15) is 60.6 Å². The summed E-state index contributed by atoms with van der Waals surface area (Å²) in [6, 6.07) is 19.8. The molecule has 0 spiro atoms. The monoisotopic (exact) mass is 443 g/mol. The summed E-state index contributed by atoms with van der Waals surface area (Å²) < 4.78 is 7.39. The predicted molar refractivity (Wildman–Crippen MR) is 127 cm³/mol. The van der Waals surface area contributed by atoms with Gasteiger partial charge in [-0.2, -0.15) is 5.10 Å². The van der Waals surface area contributed by atoms with E-state index in [1.165, 1.54) is 5.56 Å². The van der Waals surface area contributed by atoms with Crippen LogP contribution in [0.15, 0.2) is 65.1 Å². The molecule has 2 aromatic heterocycles. The third-order valence-electron chi connectivity index (χ3n) is 5.51. The van der Waals surface area contributed by atoms with Crippen molar-refractivity contribution in [1.29, 1.82) is 0 Å². The van der Waals surface area contributed by atoms with Gasteiger partial charge in [0.25, 0.3) is 11.8 Å². The summed E-state index contributed by atoms with van der Waals surface area (Å²) in [5, 5.41) is 15.8. The van der Waals surface area contributed by atoms with Crippen LogP contribution >= 0.6 is 0 Å². The van der Waals surface area contributed by atoms with E-state index in [1.807, 2.05) is 60.1 Å². The van der Waals surface area contributed by atoms with Gasteiger partial charge >= 0.3 is 0 Å². The van der Waals surface area contributed by atoms with Crippen molar-refractivity contribution in [3.8, 4) is 17.3 Å². The zero-order valence-electron chi connectivity index (χ0n) is 19.4. The second-order valence-electron chi connectivity index (χ2n) is 8.60. The number of aryl methyl sites for hydroxylation is 2. The highest BCUT2D eigenvalue weighted by molar-refractivity contribution is 5.94. The fourth-order valence-corrected chi connectivity index (χ4v) is 3.70. The van der Waals surface area contributed by atoms with Gasteiger partial charge in [-0.05, 0) is 55.5 Å². The fourth-order valence-electron chi connectivity index (χ4n) is 3.70. The molecule has 7 heteroatoms. The van der Waals surface area contributed by atoms with Gasteiger partial charge in [-0.3, -0.25) is 4.79 Å². The molecule has 0 aliphatic heterocycles. The number of hydrogen-bond acceptors (Lipinski definition) is 5. The largest absolute Gasteiger partial charge is 0.420 e. The van der Waals surface area contributed by atoms with Gasteiger partial charge in [-0.1, -0.05) is 50.2 Å². The van der Waals surface area contributed by atoms with Gasteiger partial charge in [-0.15, -0.1) is 10.2 Å². The Balaban J connectivity index is 1.51. The number of nitrogens with zero attached hydrogens (tertiary/aromatic N) is 4. The zero-order valence-corrected chi connectivity index (χ0v) is 19.4. The number of benzene rings is 2. The van der Waals surface area contributed by atoms with E-state index in [1.54, 1.807) is 6.92 Å². The zero-order chi connectivity index (χ0) is 23.4. The number of carbonyl (C=O) groups is 1. The van der Waals surface area contributed by atoms with Crippen LogP contribution in [0.25, 0.3) is 17.3 Å². The molecule has 7 nitrogen and oxygen atoms in total. The first-order valence-electron chi connectivity index (χ1n) is 11.3. The summed E-state index contributed by atoms with van der Waals surface area (Å²) >= 11 is 0. The van der Waals surface area contributed by atoms with Gasteiger partial charge in [0.15, 0.2) is 0 Å². The Bertz CT molecular complexity index is 1230. The lowest BCUT2D eigenvalue weighted by Gasteiger charge is -2.15. The van der Waals surface area contributed by atoms with Crippen molar-refractivity contribution in [2.75, 3.05) is 0 Å². The molecular weight excluding hydrogens is 414 g/mol. The quantitative estimate of drug-likeness (QED) is 0.409. The minimum absolute atomic E-state index is 0.0599. The first-order valence-corrected chi connectivity index (χ1v) is 11.3. The summed E-state index contributed by atoms with van der Waals surface area (Å²) in [7, 11) is 0. The van der Waals surface area contributed by atoms with Gasteiger partial charge in [0, 0.05) is 24.2 Å². The number of amides is 1. The third kappa shape index (κ3) is 5.37. The van der Waals surface area contributed by atoms with Crippen molar-refractivity contribution in [1.82, 2.24) is 25.3 Å². The van der Waals surface area contributed by atoms with E-state index in [-0.39, 0.29) is 17.9 Å². The van der Waals surface area contributed by atoms with Crippen LogP contribution in [0.5, 0.6) is 0 Å². The minimum atomic E-state index is -0.0941. The van der Waals surface area contributed by atoms with Crippen LogP contribution in [0, 0.1) is 6.92 Å². The van der Waals surface area contributed by atoms with Crippen LogP contribution in [0.3, 0.4) is 0 Å². The van der Waals surface area contributed by atoms with E-state index in [0.717, 1.165) is 24.2 Å². The molecule has 0 saturated heterocycles. The topological polar surface area (TPSA) is 85.8 Å². The molecule has 0 saturated carbocycles. The van der Waals surface area contributed by atoms with E-state index in [2.05, 4.69) is 41.5 Å². The number of aromatic nitrogens is 4. The highest BCUT2D eigenvalue weighted by atomic mass is 16.4. The van der Waals surface area contributed by atoms with E-state index in [4.69, 9.17) is 9.52 Å². The second-order valence-corrected chi connectivity index (χ2v) is 8.60. The van der Waals surface area contributed by atoms with Crippen molar-refractivity contribution in [3.63, 3.8) is 0 Å².